The number of carboxylic acid groups (broad SMARTS) is 1. The quantitative estimate of drug-likeness (QED) is 0.769. The van der Waals surface area contributed by atoms with E-state index in [0.29, 0.717) is 24.5 Å². The van der Waals surface area contributed by atoms with E-state index in [-0.39, 0.29) is 5.92 Å². The summed E-state index contributed by atoms with van der Waals surface area (Å²) in [4.78, 5) is 10.6. The molecule has 0 aliphatic heterocycles. The first kappa shape index (κ1) is 14.3. The van der Waals surface area contributed by atoms with Crippen molar-refractivity contribution in [1.82, 2.24) is 0 Å². The zero-order valence-electron chi connectivity index (χ0n) is 10.6. The molecular weight excluding hydrogens is 234 g/mol. The molecule has 0 bridgehead atoms. The maximum Gasteiger partial charge on any atom is 0.320 e. The first-order valence-corrected chi connectivity index (χ1v) is 5.78. The number of rotatable bonds is 7. The SMILES string of the molecule is COc1ccccc1OCC(C)CC(N)C(=O)O. The molecule has 1 aromatic carbocycles. The Morgan fingerprint density at radius 2 is 2.00 bits per heavy atom. The van der Waals surface area contributed by atoms with Crippen LogP contribution >= 0.6 is 0 Å². The van der Waals surface area contributed by atoms with Gasteiger partial charge in [0.25, 0.3) is 0 Å². The van der Waals surface area contributed by atoms with Crippen LogP contribution in [-0.4, -0.2) is 30.8 Å². The van der Waals surface area contributed by atoms with Gasteiger partial charge >= 0.3 is 5.97 Å². The largest absolute Gasteiger partial charge is 0.493 e. The zero-order chi connectivity index (χ0) is 13.5. The van der Waals surface area contributed by atoms with E-state index in [0.717, 1.165) is 0 Å². The van der Waals surface area contributed by atoms with Crippen molar-refractivity contribution >= 4 is 5.97 Å². The second-order valence-corrected chi connectivity index (χ2v) is 4.25. The molecule has 0 aromatic heterocycles. The molecule has 100 valence electrons. The van der Waals surface area contributed by atoms with Crippen molar-refractivity contribution in [2.75, 3.05) is 13.7 Å². The topological polar surface area (TPSA) is 81.8 Å². The Morgan fingerprint density at radius 3 is 2.56 bits per heavy atom. The number of benzene rings is 1. The van der Waals surface area contributed by atoms with Crippen molar-refractivity contribution in [3.63, 3.8) is 0 Å². The van der Waals surface area contributed by atoms with Crippen LogP contribution in [0.25, 0.3) is 0 Å². The van der Waals surface area contributed by atoms with Gasteiger partial charge in [0.15, 0.2) is 11.5 Å². The van der Waals surface area contributed by atoms with Gasteiger partial charge in [-0.1, -0.05) is 19.1 Å². The maximum absolute atomic E-state index is 10.6. The van der Waals surface area contributed by atoms with Gasteiger partial charge in [-0.2, -0.15) is 0 Å². The highest BCUT2D eigenvalue weighted by Crippen LogP contribution is 2.26. The fourth-order valence-electron chi connectivity index (χ4n) is 1.57. The lowest BCUT2D eigenvalue weighted by Gasteiger charge is -2.16. The third-order valence-corrected chi connectivity index (χ3v) is 2.57. The summed E-state index contributed by atoms with van der Waals surface area (Å²) in [5, 5.41) is 8.71. The molecule has 2 atom stereocenters. The van der Waals surface area contributed by atoms with Crippen molar-refractivity contribution in [2.24, 2.45) is 11.7 Å². The standard InChI is InChI=1S/C13H19NO4/c1-9(7-10(14)13(15)16)8-18-12-6-4-3-5-11(12)17-2/h3-6,9-10H,7-8,14H2,1-2H3,(H,15,16). The Bertz CT molecular complexity index is 394. The Labute approximate surface area is 107 Å². The Balaban J connectivity index is 2.47. The average Bonchev–Trinajstić information content (AvgIpc) is 2.36. The van der Waals surface area contributed by atoms with E-state index >= 15 is 0 Å². The molecule has 18 heavy (non-hydrogen) atoms. The van der Waals surface area contributed by atoms with Crippen LogP contribution in [0.4, 0.5) is 0 Å². The van der Waals surface area contributed by atoms with E-state index in [2.05, 4.69) is 0 Å². The number of carboxylic acids is 1. The molecule has 0 amide bonds. The molecule has 0 fully saturated rings. The summed E-state index contributed by atoms with van der Waals surface area (Å²) >= 11 is 0. The van der Waals surface area contributed by atoms with E-state index in [1.807, 2.05) is 31.2 Å². The van der Waals surface area contributed by atoms with E-state index in [1.54, 1.807) is 7.11 Å². The maximum atomic E-state index is 10.6. The predicted molar refractivity (Wildman–Crippen MR) is 67.9 cm³/mol. The number of carbonyl (C=O) groups is 1. The second kappa shape index (κ2) is 6.86. The first-order chi connectivity index (χ1) is 8.54. The van der Waals surface area contributed by atoms with E-state index in [1.165, 1.54) is 0 Å². The summed E-state index contributed by atoms with van der Waals surface area (Å²) in [7, 11) is 1.58. The first-order valence-electron chi connectivity index (χ1n) is 5.78. The molecule has 0 heterocycles. The van der Waals surface area contributed by atoms with E-state index in [9.17, 15) is 4.79 Å². The number of hydrogen-bond acceptors (Lipinski definition) is 4. The molecule has 2 unspecified atom stereocenters. The predicted octanol–water partition coefficient (Wildman–Crippen LogP) is 1.51. The zero-order valence-corrected chi connectivity index (χ0v) is 10.6. The molecule has 0 aliphatic carbocycles. The van der Waals surface area contributed by atoms with E-state index in [4.69, 9.17) is 20.3 Å². The van der Waals surface area contributed by atoms with Gasteiger partial charge in [-0.15, -0.1) is 0 Å². The number of methoxy groups -OCH3 is 1. The van der Waals surface area contributed by atoms with Gasteiger partial charge in [-0.25, -0.2) is 0 Å². The van der Waals surface area contributed by atoms with Crippen LogP contribution in [0.3, 0.4) is 0 Å². The van der Waals surface area contributed by atoms with Gasteiger partial charge in [-0.3, -0.25) is 4.79 Å². The molecular formula is C13H19NO4. The van der Waals surface area contributed by atoms with Crippen LogP contribution in [0.2, 0.25) is 0 Å². The van der Waals surface area contributed by atoms with Crippen LogP contribution < -0.4 is 15.2 Å². The lowest BCUT2D eigenvalue weighted by molar-refractivity contribution is -0.139. The number of aliphatic carboxylic acids is 1. The van der Waals surface area contributed by atoms with Gasteiger partial charge in [-0.05, 0) is 24.5 Å². The average molecular weight is 253 g/mol. The minimum Gasteiger partial charge on any atom is -0.493 e. The monoisotopic (exact) mass is 253 g/mol. The molecule has 0 spiro atoms. The number of hydrogen-bond donors (Lipinski definition) is 2. The lowest BCUT2D eigenvalue weighted by atomic mass is 10.0. The van der Waals surface area contributed by atoms with Crippen molar-refractivity contribution in [2.45, 2.75) is 19.4 Å². The highest BCUT2D eigenvalue weighted by Gasteiger charge is 2.16. The van der Waals surface area contributed by atoms with Gasteiger partial charge in [0.2, 0.25) is 0 Å². The number of nitrogens with two attached hydrogens (primary N) is 1. The lowest BCUT2D eigenvalue weighted by Crippen LogP contribution is -2.33. The smallest absolute Gasteiger partial charge is 0.320 e. The Hall–Kier alpha value is -1.75. The Morgan fingerprint density at radius 1 is 1.39 bits per heavy atom. The minimum atomic E-state index is -0.987. The highest BCUT2D eigenvalue weighted by molar-refractivity contribution is 5.73. The molecule has 3 N–H and O–H groups in total. The third-order valence-electron chi connectivity index (χ3n) is 2.57. The minimum absolute atomic E-state index is 0.0565. The van der Waals surface area contributed by atoms with Crippen molar-refractivity contribution < 1.29 is 19.4 Å². The Kier molecular flexibility index (Phi) is 5.45. The summed E-state index contributed by atoms with van der Waals surface area (Å²) in [5.74, 6) is 0.378. The molecule has 0 saturated heterocycles. The van der Waals surface area contributed by atoms with Crippen molar-refractivity contribution in [3.05, 3.63) is 24.3 Å². The van der Waals surface area contributed by atoms with Crippen LogP contribution in [0, 0.1) is 5.92 Å². The summed E-state index contributed by atoms with van der Waals surface area (Å²) in [5.41, 5.74) is 5.46. The van der Waals surface area contributed by atoms with Gasteiger partial charge in [0, 0.05) is 0 Å². The van der Waals surface area contributed by atoms with Gasteiger partial charge < -0.3 is 20.3 Å². The number of para-hydroxylation sites is 2. The third kappa shape index (κ3) is 4.25. The van der Waals surface area contributed by atoms with Crippen LogP contribution in [0.1, 0.15) is 13.3 Å². The number of ether oxygens (including phenoxy) is 2. The van der Waals surface area contributed by atoms with Gasteiger partial charge in [0.1, 0.15) is 6.04 Å². The molecule has 5 heteroatoms. The summed E-state index contributed by atoms with van der Waals surface area (Å²) in [6.45, 7) is 2.31. The molecule has 1 aromatic rings. The highest BCUT2D eigenvalue weighted by atomic mass is 16.5. The molecule has 1 rings (SSSR count). The van der Waals surface area contributed by atoms with Crippen LogP contribution in [-0.2, 0) is 4.79 Å². The van der Waals surface area contributed by atoms with Crippen LogP contribution in [0.15, 0.2) is 24.3 Å². The molecule has 0 saturated carbocycles. The fraction of sp³-hybridized carbons (Fsp3) is 0.462. The van der Waals surface area contributed by atoms with Crippen molar-refractivity contribution in [3.8, 4) is 11.5 Å². The fourth-order valence-corrected chi connectivity index (χ4v) is 1.57. The van der Waals surface area contributed by atoms with Crippen LogP contribution in [0.5, 0.6) is 11.5 Å². The molecule has 0 radical (unpaired) electrons. The normalized spacial score (nSPS) is 13.7. The molecule has 0 aliphatic rings. The summed E-state index contributed by atoms with van der Waals surface area (Å²) in [6.07, 6.45) is 0.379. The summed E-state index contributed by atoms with van der Waals surface area (Å²) in [6, 6.07) is 6.48. The summed E-state index contributed by atoms with van der Waals surface area (Å²) < 4.78 is 10.8. The molecule has 5 nitrogen and oxygen atoms in total. The second-order valence-electron chi connectivity index (χ2n) is 4.25. The van der Waals surface area contributed by atoms with Crippen molar-refractivity contribution in [1.29, 1.82) is 0 Å². The van der Waals surface area contributed by atoms with Gasteiger partial charge in [0.05, 0.1) is 13.7 Å². The van der Waals surface area contributed by atoms with E-state index < -0.39 is 12.0 Å².